The minimum absolute atomic E-state index is 0.363. The van der Waals surface area contributed by atoms with Gasteiger partial charge >= 0.3 is 0 Å². The zero-order valence-corrected chi connectivity index (χ0v) is 56.2. The molecule has 0 rings (SSSR count). The van der Waals surface area contributed by atoms with Gasteiger partial charge in [-0.2, -0.15) is 0 Å². The second-order valence-corrected chi connectivity index (χ2v) is 26.3. The van der Waals surface area contributed by atoms with E-state index in [-0.39, 0.29) is 0 Å². The molecule has 0 aromatic heterocycles. The van der Waals surface area contributed by atoms with E-state index in [2.05, 4.69) is 55.6 Å². The minimum atomic E-state index is -1.29. The molecule has 0 spiro atoms. The van der Waals surface area contributed by atoms with Gasteiger partial charge < -0.3 is 25.7 Å². The Morgan fingerprint density at radius 2 is 0.506 bits per heavy atom. The quantitative estimate of drug-likeness (QED) is 0.0308. The number of aliphatic hydroxyl groups excluding tert-OH is 4. The van der Waals surface area contributed by atoms with Gasteiger partial charge in [-0.15, -0.1) is 0 Å². The first-order valence-electron chi connectivity index (χ1n) is 37.9. The monoisotopic (exact) mass is 1170 g/mol. The van der Waals surface area contributed by atoms with Crippen molar-refractivity contribution in [2.45, 2.75) is 443 Å². The fraction of sp³-hybridized carbons (Fsp3) is 0.909. The third-order valence-corrected chi connectivity index (χ3v) is 18.1. The van der Waals surface area contributed by atoms with Crippen LogP contribution in [0.4, 0.5) is 0 Å². The van der Waals surface area contributed by atoms with E-state index in [1.54, 1.807) is 0 Å². The molecule has 0 aliphatic heterocycles. The van der Waals surface area contributed by atoms with E-state index >= 15 is 0 Å². The van der Waals surface area contributed by atoms with Crippen LogP contribution in [0.25, 0.3) is 0 Å². The molecule has 0 radical (unpaired) electrons. The molecule has 0 aromatic rings. The molecule has 0 aliphatic rings. The van der Waals surface area contributed by atoms with Gasteiger partial charge in [0.1, 0.15) is 12.2 Å². The van der Waals surface area contributed by atoms with E-state index < -0.39 is 36.9 Å². The standard InChI is InChI=1S/C77H149NO5/c1-3-5-7-9-11-13-15-17-19-21-23-25-27-29-31-33-35-36-37-38-39-41-43-45-47-49-51-53-55-57-59-61-63-65-67-69-71-75(81)77(83)78-73(72-79)76(82)74(80)70-68-66-64-62-60-58-56-54-52-50-48-46-44-42-40-34-32-30-28-26-24-22-20-18-16-14-12-10-8-6-4-2/h36-37,54,56,62,64,73-76,79-82H,3-35,38-53,55,57-61,63,65-72H2,1-2H3,(H,78,83)/b37-36-,56-54+,64-62+. The number of hydrogen-bond donors (Lipinski definition) is 5. The number of carbonyl (C=O) groups is 1. The molecule has 6 heteroatoms. The molecule has 0 bridgehead atoms. The summed E-state index contributed by atoms with van der Waals surface area (Å²) >= 11 is 0. The van der Waals surface area contributed by atoms with Crippen molar-refractivity contribution in [2.24, 2.45) is 0 Å². The van der Waals surface area contributed by atoms with E-state index in [1.807, 2.05) is 0 Å². The highest BCUT2D eigenvalue weighted by Gasteiger charge is 2.28. The van der Waals surface area contributed by atoms with Crippen LogP contribution in [0.5, 0.6) is 0 Å². The fourth-order valence-electron chi connectivity index (χ4n) is 12.2. The van der Waals surface area contributed by atoms with Gasteiger partial charge in [0.25, 0.3) is 0 Å². The van der Waals surface area contributed by atoms with Crippen molar-refractivity contribution < 1.29 is 25.2 Å². The smallest absolute Gasteiger partial charge is 0.249 e. The Morgan fingerprint density at radius 3 is 0.759 bits per heavy atom. The number of amides is 1. The zero-order chi connectivity index (χ0) is 60.1. The SMILES string of the molecule is CCCCCCCCCCCCCCCCCC/C=C\CCCCCCCCCCCCCCCCCCC(O)C(=O)NC(CO)C(O)C(O)CCC/C=C/CC/C=C/CCCCCCCCCCCCCCCCCCCCCCCC. The molecule has 1 amide bonds. The zero-order valence-electron chi connectivity index (χ0n) is 56.2. The van der Waals surface area contributed by atoms with Gasteiger partial charge in [-0.25, -0.2) is 0 Å². The molecule has 0 heterocycles. The number of hydrogen-bond acceptors (Lipinski definition) is 5. The maximum Gasteiger partial charge on any atom is 0.249 e. The van der Waals surface area contributed by atoms with Crippen LogP contribution in [0.3, 0.4) is 0 Å². The van der Waals surface area contributed by atoms with Crippen LogP contribution in [0, 0.1) is 0 Å². The van der Waals surface area contributed by atoms with Crippen LogP contribution in [-0.2, 0) is 4.79 Å². The number of carbonyl (C=O) groups excluding carboxylic acids is 1. The van der Waals surface area contributed by atoms with E-state index in [0.29, 0.717) is 19.3 Å². The predicted octanol–water partition coefficient (Wildman–Crippen LogP) is 23.8. The highest BCUT2D eigenvalue weighted by Crippen LogP contribution is 2.20. The molecule has 492 valence electrons. The molecular formula is C77H149NO5. The van der Waals surface area contributed by atoms with E-state index in [9.17, 15) is 25.2 Å². The lowest BCUT2D eigenvalue weighted by atomic mass is 10.00. The molecule has 0 saturated heterocycles. The normalized spacial score (nSPS) is 13.6. The van der Waals surface area contributed by atoms with Crippen LogP contribution in [0.1, 0.15) is 418 Å². The lowest BCUT2D eigenvalue weighted by Gasteiger charge is -2.27. The van der Waals surface area contributed by atoms with E-state index in [1.165, 1.54) is 347 Å². The molecule has 5 N–H and O–H groups in total. The van der Waals surface area contributed by atoms with Crippen molar-refractivity contribution in [3.63, 3.8) is 0 Å². The molecule has 4 atom stereocenters. The van der Waals surface area contributed by atoms with Gasteiger partial charge in [0, 0.05) is 0 Å². The van der Waals surface area contributed by atoms with Crippen molar-refractivity contribution in [1.29, 1.82) is 0 Å². The highest BCUT2D eigenvalue weighted by atomic mass is 16.3. The predicted molar refractivity (Wildman–Crippen MR) is 367 cm³/mol. The Morgan fingerprint density at radius 1 is 0.289 bits per heavy atom. The Hall–Kier alpha value is -1.47. The average molecular weight is 1170 g/mol. The number of rotatable bonds is 71. The van der Waals surface area contributed by atoms with Crippen LogP contribution >= 0.6 is 0 Å². The van der Waals surface area contributed by atoms with Crippen LogP contribution in [0.2, 0.25) is 0 Å². The number of aliphatic hydroxyl groups is 4. The molecule has 4 unspecified atom stereocenters. The summed E-state index contributed by atoms with van der Waals surface area (Å²) in [7, 11) is 0. The van der Waals surface area contributed by atoms with E-state index in [4.69, 9.17) is 0 Å². The molecule has 6 nitrogen and oxygen atoms in total. The van der Waals surface area contributed by atoms with Crippen molar-refractivity contribution in [1.82, 2.24) is 5.32 Å². The summed E-state index contributed by atoms with van der Waals surface area (Å²) in [5.74, 6) is -0.590. The van der Waals surface area contributed by atoms with Gasteiger partial charge in [0.05, 0.1) is 18.8 Å². The first-order chi connectivity index (χ1) is 41.0. The van der Waals surface area contributed by atoms with Crippen LogP contribution < -0.4 is 5.32 Å². The van der Waals surface area contributed by atoms with Crippen molar-refractivity contribution in [3.05, 3.63) is 36.5 Å². The Balaban J connectivity index is 3.56. The molecule has 0 aromatic carbocycles. The summed E-state index contributed by atoms with van der Waals surface area (Å²) in [5.41, 5.74) is 0. The first-order valence-corrected chi connectivity index (χ1v) is 37.9. The van der Waals surface area contributed by atoms with Gasteiger partial charge in [-0.05, 0) is 77.0 Å². The van der Waals surface area contributed by atoms with Gasteiger partial charge in [-0.3, -0.25) is 4.79 Å². The molecule has 0 fully saturated rings. The maximum atomic E-state index is 12.7. The fourth-order valence-corrected chi connectivity index (χ4v) is 12.2. The van der Waals surface area contributed by atoms with Gasteiger partial charge in [0.2, 0.25) is 5.91 Å². The molecule has 0 aliphatic carbocycles. The lowest BCUT2D eigenvalue weighted by molar-refractivity contribution is -0.132. The summed E-state index contributed by atoms with van der Waals surface area (Å²) in [5, 5.41) is 44.2. The second-order valence-electron chi connectivity index (χ2n) is 26.3. The summed E-state index contributed by atoms with van der Waals surface area (Å²) < 4.78 is 0. The number of allylic oxidation sites excluding steroid dienone is 6. The molecule has 0 saturated carbocycles. The Kier molecular flexibility index (Phi) is 70.0. The lowest BCUT2D eigenvalue weighted by Crippen LogP contribution is -2.53. The van der Waals surface area contributed by atoms with Crippen molar-refractivity contribution >= 4 is 5.91 Å². The molecule has 83 heavy (non-hydrogen) atoms. The topological polar surface area (TPSA) is 110 Å². The largest absolute Gasteiger partial charge is 0.394 e. The van der Waals surface area contributed by atoms with E-state index in [0.717, 1.165) is 38.5 Å². The van der Waals surface area contributed by atoms with Crippen molar-refractivity contribution in [3.8, 4) is 0 Å². The maximum absolute atomic E-state index is 12.7. The van der Waals surface area contributed by atoms with Crippen LogP contribution in [0.15, 0.2) is 36.5 Å². The first kappa shape index (κ1) is 81.5. The highest BCUT2D eigenvalue weighted by molar-refractivity contribution is 5.80. The summed E-state index contributed by atoms with van der Waals surface area (Å²) in [4.78, 5) is 12.7. The summed E-state index contributed by atoms with van der Waals surface area (Å²) in [6.45, 7) is 4.10. The summed E-state index contributed by atoms with van der Waals surface area (Å²) in [6, 6.07) is -1.01. The second kappa shape index (κ2) is 71.3. The average Bonchev–Trinajstić information content (AvgIpc) is 3.54. The Bertz CT molecular complexity index is 1320. The molecular weight excluding hydrogens is 1020 g/mol. The number of unbranched alkanes of at least 4 members (excludes halogenated alkanes) is 56. The van der Waals surface area contributed by atoms with Crippen molar-refractivity contribution in [2.75, 3.05) is 6.61 Å². The van der Waals surface area contributed by atoms with Gasteiger partial charge in [0.15, 0.2) is 0 Å². The van der Waals surface area contributed by atoms with Gasteiger partial charge in [-0.1, -0.05) is 378 Å². The summed E-state index contributed by atoms with van der Waals surface area (Å²) in [6.07, 6.45) is 93.1. The number of nitrogens with one attached hydrogen (secondary N) is 1. The minimum Gasteiger partial charge on any atom is -0.394 e. The third kappa shape index (κ3) is 64.8. The third-order valence-electron chi connectivity index (χ3n) is 18.1. The van der Waals surface area contributed by atoms with Crippen LogP contribution in [-0.4, -0.2) is 57.3 Å². The Labute approximate surface area is 519 Å².